The molecule has 0 unspecified atom stereocenters. The molecule has 2 aromatic heterocycles. The fourth-order valence-electron chi connectivity index (χ4n) is 2.29. The summed E-state index contributed by atoms with van der Waals surface area (Å²) in [6, 6.07) is 10.2. The van der Waals surface area contributed by atoms with Gasteiger partial charge in [-0.1, -0.05) is 12.1 Å². The van der Waals surface area contributed by atoms with Crippen LogP contribution in [-0.4, -0.2) is 24.1 Å². The molecule has 0 saturated heterocycles. The number of benzene rings is 1. The van der Waals surface area contributed by atoms with Crippen LogP contribution in [0.25, 0.3) is 10.9 Å². The molecule has 0 aliphatic rings. The van der Waals surface area contributed by atoms with Gasteiger partial charge in [0.05, 0.1) is 12.1 Å². The van der Waals surface area contributed by atoms with Gasteiger partial charge in [-0.05, 0) is 41.1 Å². The monoisotopic (exact) mass is 376 g/mol. The molecule has 2 heterocycles. The van der Waals surface area contributed by atoms with E-state index in [4.69, 9.17) is 0 Å². The van der Waals surface area contributed by atoms with Gasteiger partial charge < -0.3 is 10.2 Å². The van der Waals surface area contributed by atoms with E-state index in [1.807, 2.05) is 43.3 Å². The number of nitrogens with one attached hydrogen (secondary N) is 1. The van der Waals surface area contributed by atoms with Gasteiger partial charge in [0.25, 0.3) is 0 Å². The molecule has 114 valence electrons. The molecule has 6 heteroatoms. The largest absolute Gasteiger partial charge is 0.362 e. The molecule has 3 rings (SSSR count). The molecule has 3 aromatic rings. The first-order valence-corrected chi connectivity index (χ1v) is 8.58. The standard InChI is InChI=1S/C16H17BrN4S/c1-10-8-12(17)14(22-10)9-18-16-19-13-7-5-4-6-11(13)15(20-16)21(2)3/h4-8H,9H2,1-3H3,(H,18,19,20). The Kier molecular flexibility index (Phi) is 4.31. The second kappa shape index (κ2) is 6.22. The van der Waals surface area contributed by atoms with Crippen molar-refractivity contribution in [2.75, 3.05) is 24.3 Å². The maximum absolute atomic E-state index is 4.64. The maximum atomic E-state index is 4.64. The normalized spacial score (nSPS) is 10.9. The van der Waals surface area contributed by atoms with Crippen LogP contribution in [-0.2, 0) is 6.54 Å². The van der Waals surface area contributed by atoms with E-state index in [0.29, 0.717) is 12.5 Å². The third kappa shape index (κ3) is 3.08. The van der Waals surface area contributed by atoms with Gasteiger partial charge in [-0.15, -0.1) is 11.3 Å². The number of hydrogen-bond donors (Lipinski definition) is 1. The molecular weight excluding hydrogens is 360 g/mol. The molecule has 0 aliphatic carbocycles. The highest BCUT2D eigenvalue weighted by atomic mass is 79.9. The average Bonchev–Trinajstić information content (AvgIpc) is 2.82. The molecule has 0 radical (unpaired) electrons. The van der Waals surface area contributed by atoms with Crippen molar-refractivity contribution < 1.29 is 0 Å². The van der Waals surface area contributed by atoms with Gasteiger partial charge in [-0.2, -0.15) is 4.98 Å². The summed E-state index contributed by atoms with van der Waals surface area (Å²) in [4.78, 5) is 13.8. The van der Waals surface area contributed by atoms with Crippen LogP contribution in [0.2, 0.25) is 0 Å². The number of para-hydroxylation sites is 1. The second-order valence-corrected chi connectivity index (χ2v) is 7.46. The van der Waals surface area contributed by atoms with E-state index in [1.54, 1.807) is 11.3 Å². The van der Waals surface area contributed by atoms with E-state index in [2.05, 4.69) is 44.2 Å². The molecule has 1 N–H and O–H groups in total. The van der Waals surface area contributed by atoms with Gasteiger partial charge in [0, 0.05) is 33.7 Å². The van der Waals surface area contributed by atoms with Crippen LogP contribution in [0.4, 0.5) is 11.8 Å². The van der Waals surface area contributed by atoms with Crippen LogP contribution in [0, 0.1) is 6.92 Å². The molecule has 0 saturated carbocycles. The number of thiophene rings is 1. The number of fused-ring (bicyclic) bond motifs is 1. The molecule has 0 bridgehead atoms. The molecule has 0 aliphatic heterocycles. The van der Waals surface area contributed by atoms with Crippen molar-refractivity contribution in [3.8, 4) is 0 Å². The third-order valence-electron chi connectivity index (χ3n) is 3.29. The number of hydrogen-bond acceptors (Lipinski definition) is 5. The molecule has 0 spiro atoms. The Labute approximate surface area is 142 Å². The second-order valence-electron chi connectivity index (χ2n) is 5.26. The van der Waals surface area contributed by atoms with Crippen molar-refractivity contribution in [1.29, 1.82) is 0 Å². The highest BCUT2D eigenvalue weighted by molar-refractivity contribution is 9.10. The van der Waals surface area contributed by atoms with Gasteiger partial charge in [-0.3, -0.25) is 0 Å². The zero-order chi connectivity index (χ0) is 15.7. The summed E-state index contributed by atoms with van der Waals surface area (Å²) in [7, 11) is 4.00. The van der Waals surface area contributed by atoms with Crippen LogP contribution < -0.4 is 10.2 Å². The Morgan fingerprint density at radius 1 is 1.23 bits per heavy atom. The van der Waals surface area contributed by atoms with Gasteiger partial charge >= 0.3 is 0 Å². The van der Waals surface area contributed by atoms with Crippen LogP contribution in [0.5, 0.6) is 0 Å². The Morgan fingerprint density at radius 3 is 2.68 bits per heavy atom. The zero-order valence-electron chi connectivity index (χ0n) is 12.7. The predicted molar refractivity (Wildman–Crippen MR) is 97.9 cm³/mol. The molecule has 0 atom stereocenters. The Hall–Kier alpha value is -1.66. The molecule has 22 heavy (non-hydrogen) atoms. The SMILES string of the molecule is Cc1cc(Br)c(CNc2nc(N(C)C)c3ccccc3n2)s1. The number of anilines is 2. The van der Waals surface area contributed by atoms with Crippen molar-refractivity contribution in [3.05, 3.63) is 44.6 Å². The van der Waals surface area contributed by atoms with Crippen molar-refractivity contribution >= 4 is 49.9 Å². The number of aromatic nitrogens is 2. The summed E-state index contributed by atoms with van der Waals surface area (Å²) in [6.45, 7) is 2.82. The summed E-state index contributed by atoms with van der Waals surface area (Å²) >= 11 is 5.36. The first-order valence-electron chi connectivity index (χ1n) is 6.97. The average molecular weight is 377 g/mol. The Morgan fingerprint density at radius 2 is 2.00 bits per heavy atom. The lowest BCUT2D eigenvalue weighted by Gasteiger charge is -2.15. The van der Waals surface area contributed by atoms with E-state index in [0.717, 1.165) is 21.2 Å². The third-order valence-corrected chi connectivity index (χ3v) is 5.31. The van der Waals surface area contributed by atoms with Gasteiger partial charge in [0.1, 0.15) is 5.82 Å². The minimum atomic E-state index is 0.653. The minimum absolute atomic E-state index is 0.653. The minimum Gasteiger partial charge on any atom is -0.362 e. The fourth-order valence-corrected chi connectivity index (χ4v) is 4.04. The summed E-state index contributed by atoms with van der Waals surface area (Å²) < 4.78 is 1.14. The molecule has 1 aromatic carbocycles. The van der Waals surface area contributed by atoms with Crippen LogP contribution in [0.15, 0.2) is 34.8 Å². The zero-order valence-corrected chi connectivity index (χ0v) is 15.1. The van der Waals surface area contributed by atoms with Gasteiger partial charge in [0.2, 0.25) is 5.95 Å². The summed E-state index contributed by atoms with van der Waals surface area (Å²) in [5, 5.41) is 4.40. The summed E-state index contributed by atoms with van der Waals surface area (Å²) in [5.74, 6) is 1.58. The molecule has 0 fully saturated rings. The van der Waals surface area contributed by atoms with E-state index in [1.165, 1.54) is 9.75 Å². The van der Waals surface area contributed by atoms with E-state index in [-0.39, 0.29) is 0 Å². The topological polar surface area (TPSA) is 41.1 Å². The highest BCUT2D eigenvalue weighted by Gasteiger charge is 2.10. The smallest absolute Gasteiger partial charge is 0.225 e. The highest BCUT2D eigenvalue weighted by Crippen LogP contribution is 2.28. The maximum Gasteiger partial charge on any atom is 0.225 e. The molecule has 4 nitrogen and oxygen atoms in total. The lowest BCUT2D eigenvalue weighted by molar-refractivity contribution is 1.03. The Balaban J connectivity index is 1.92. The summed E-state index contributed by atoms with van der Waals surface area (Å²) in [6.07, 6.45) is 0. The van der Waals surface area contributed by atoms with E-state index >= 15 is 0 Å². The van der Waals surface area contributed by atoms with Crippen LogP contribution in [0.3, 0.4) is 0 Å². The molecule has 0 amide bonds. The van der Waals surface area contributed by atoms with E-state index in [9.17, 15) is 0 Å². The van der Waals surface area contributed by atoms with Gasteiger partial charge in [-0.25, -0.2) is 4.98 Å². The Bertz CT molecular complexity index is 813. The number of rotatable bonds is 4. The first-order chi connectivity index (χ1) is 10.5. The van der Waals surface area contributed by atoms with E-state index < -0.39 is 0 Å². The van der Waals surface area contributed by atoms with Crippen molar-refractivity contribution in [3.63, 3.8) is 0 Å². The number of halogens is 1. The van der Waals surface area contributed by atoms with Crippen molar-refractivity contribution in [1.82, 2.24) is 9.97 Å². The lowest BCUT2D eigenvalue weighted by atomic mass is 10.2. The van der Waals surface area contributed by atoms with Crippen LogP contribution >= 0.6 is 27.3 Å². The summed E-state index contributed by atoms with van der Waals surface area (Å²) in [5.41, 5.74) is 0.949. The lowest BCUT2D eigenvalue weighted by Crippen LogP contribution is -2.13. The quantitative estimate of drug-likeness (QED) is 0.730. The predicted octanol–water partition coefficient (Wildman–Crippen LogP) is 4.44. The van der Waals surface area contributed by atoms with Crippen molar-refractivity contribution in [2.24, 2.45) is 0 Å². The fraction of sp³-hybridized carbons (Fsp3) is 0.250. The first kappa shape index (κ1) is 15.2. The number of aryl methyl sites for hydroxylation is 1. The molecular formula is C16H17BrN4S. The van der Waals surface area contributed by atoms with Crippen molar-refractivity contribution in [2.45, 2.75) is 13.5 Å². The number of nitrogens with zero attached hydrogens (tertiary/aromatic N) is 3. The van der Waals surface area contributed by atoms with Gasteiger partial charge in [0.15, 0.2) is 0 Å². The van der Waals surface area contributed by atoms with Crippen LogP contribution in [0.1, 0.15) is 9.75 Å².